The zero-order valence-electron chi connectivity index (χ0n) is 17.9. The van der Waals surface area contributed by atoms with Crippen LogP contribution in [0.5, 0.6) is 0 Å². The van der Waals surface area contributed by atoms with Crippen molar-refractivity contribution in [3.63, 3.8) is 0 Å². The van der Waals surface area contributed by atoms with E-state index in [1.165, 1.54) is 5.57 Å². The number of allylic oxidation sites excluding steroid dienone is 2. The van der Waals surface area contributed by atoms with E-state index in [-0.39, 0.29) is 48.4 Å². The quantitative estimate of drug-likeness (QED) is 0.134. The lowest BCUT2D eigenvalue weighted by Gasteiger charge is -2.69. The minimum absolute atomic E-state index is 0.0692. The van der Waals surface area contributed by atoms with E-state index in [2.05, 4.69) is 13.0 Å². The molecule has 0 heterocycles. The average Bonchev–Trinajstić information content (AvgIpc) is 2.69. The van der Waals surface area contributed by atoms with Crippen molar-refractivity contribution >= 4 is 81.6 Å². The zero-order valence-corrected chi connectivity index (χ0v) is 23.2. The summed E-state index contributed by atoms with van der Waals surface area (Å²) in [5, 5.41) is 10.4. The first kappa shape index (κ1) is 24.2. The molecule has 0 spiro atoms. The number of ketones is 1. The summed E-state index contributed by atoms with van der Waals surface area (Å²) in [7, 11) is 0. The van der Waals surface area contributed by atoms with E-state index in [0.717, 1.165) is 44.9 Å². The number of hydrogen-bond donors (Lipinski definition) is 7. The molecule has 5 aliphatic rings. The molecule has 31 heavy (non-hydrogen) atoms. The molecular formula is C23H34O2S6. The molecule has 8 heteroatoms. The van der Waals surface area contributed by atoms with Gasteiger partial charge in [-0.1, -0.05) is 18.6 Å². The van der Waals surface area contributed by atoms with Crippen LogP contribution in [0.25, 0.3) is 0 Å². The molecule has 0 saturated heterocycles. The highest BCUT2D eigenvalue weighted by Gasteiger charge is 2.70. The summed E-state index contributed by atoms with van der Waals surface area (Å²) >= 11 is 30.6. The van der Waals surface area contributed by atoms with Crippen LogP contribution in [0, 0.1) is 23.2 Å². The Kier molecular flexibility index (Phi) is 5.84. The summed E-state index contributed by atoms with van der Waals surface area (Å²) in [6, 6.07) is 0. The van der Waals surface area contributed by atoms with Gasteiger partial charge in [0.05, 0.1) is 15.4 Å². The van der Waals surface area contributed by atoms with Crippen LogP contribution in [0.3, 0.4) is 0 Å². The fourth-order valence-electron chi connectivity index (χ4n) is 8.13. The first-order valence-corrected chi connectivity index (χ1v) is 14.3. The van der Waals surface area contributed by atoms with Gasteiger partial charge in [-0.3, -0.25) is 4.79 Å². The largest absolute Gasteiger partial charge is 0.391 e. The Hall–Kier alpha value is 1.47. The molecule has 4 fully saturated rings. The summed E-state index contributed by atoms with van der Waals surface area (Å²) in [6.45, 7) is 2.37. The number of aliphatic hydroxyl groups excluding tert-OH is 1. The van der Waals surface area contributed by atoms with E-state index in [0.29, 0.717) is 12.8 Å². The van der Waals surface area contributed by atoms with Crippen LogP contribution >= 0.6 is 75.8 Å². The van der Waals surface area contributed by atoms with Crippen molar-refractivity contribution in [1.29, 1.82) is 0 Å². The molecule has 0 aromatic rings. The Morgan fingerprint density at radius 1 is 0.968 bits per heavy atom. The topological polar surface area (TPSA) is 37.3 Å². The third kappa shape index (κ3) is 3.06. The summed E-state index contributed by atoms with van der Waals surface area (Å²) in [6.07, 6.45) is 9.55. The van der Waals surface area contributed by atoms with Crippen molar-refractivity contribution in [2.45, 2.75) is 94.4 Å². The van der Waals surface area contributed by atoms with Crippen molar-refractivity contribution in [2.75, 3.05) is 0 Å². The maximum Gasteiger partial charge on any atom is 0.146 e. The van der Waals surface area contributed by atoms with E-state index >= 15 is 0 Å². The number of hydrogen-bond acceptors (Lipinski definition) is 8. The standard InChI is InChI=1S/C23H34O2S6/c1-19-10-11-20(27)7-4-13(24)18(26)17(20)12(19)2-3-14-21(28)8-6-16(25)23(30,31)15(21)5-9-22(14,19)29/h2,14-18,25-31H,3-11H2,1H3. The molecule has 2 nitrogen and oxygen atoms in total. The van der Waals surface area contributed by atoms with Crippen LogP contribution in [0.4, 0.5) is 0 Å². The third-order valence-electron chi connectivity index (χ3n) is 10.0. The van der Waals surface area contributed by atoms with Gasteiger partial charge in [-0.15, -0.1) is 0 Å². The van der Waals surface area contributed by atoms with E-state index in [1.54, 1.807) is 0 Å². The summed E-state index contributed by atoms with van der Waals surface area (Å²) < 4.78 is -1.39. The van der Waals surface area contributed by atoms with Crippen molar-refractivity contribution in [3.05, 3.63) is 11.6 Å². The van der Waals surface area contributed by atoms with Gasteiger partial charge in [0.25, 0.3) is 0 Å². The van der Waals surface area contributed by atoms with Crippen LogP contribution in [-0.2, 0) is 4.79 Å². The molecule has 1 N–H and O–H groups in total. The maximum atomic E-state index is 12.7. The van der Waals surface area contributed by atoms with Gasteiger partial charge in [-0.05, 0) is 63.2 Å². The van der Waals surface area contributed by atoms with Crippen LogP contribution in [-0.4, -0.2) is 40.6 Å². The highest BCUT2D eigenvalue weighted by atomic mass is 32.2. The highest BCUT2D eigenvalue weighted by Crippen LogP contribution is 2.72. The Morgan fingerprint density at radius 2 is 1.68 bits per heavy atom. The van der Waals surface area contributed by atoms with E-state index < -0.39 is 10.2 Å². The minimum Gasteiger partial charge on any atom is -0.391 e. The number of carbonyl (C=O) groups excluding carboxylic acids is 1. The molecule has 5 rings (SSSR count). The van der Waals surface area contributed by atoms with Gasteiger partial charge >= 0.3 is 0 Å². The second-order valence-corrected chi connectivity index (χ2v) is 16.0. The third-order valence-corrected chi connectivity index (χ3v) is 14.4. The maximum absolute atomic E-state index is 12.7. The Morgan fingerprint density at radius 3 is 2.39 bits per heavy atom. The predicted octanol–water partition coefficient (Wildman–Crippen LogP) is 5.14. The number of thiol groups is 6. The van der Waals surface area contributed by atoms with Crippen LogP contribution in [0.2, 0.25) is 0 Å². The van der Waals surface area contributed by atoms with Gasteiger partial charge in [0.1, 0.15) is 5.78 Å². The average molecular weight is 535 g/mol. The first-order chi connectivity index (χ1) is 14.3. The van der Waals surface area contributed by atoms with Crippen LogP contribution in [0.1, 0.15) is 64.7 Å². The van der Waals surface area contributed by atoms with E-state index in [9.17, 15) is 9.90 Å². The number of aliphatic hydroxyl groups is 1. The van der Waals surface area contributed by atoms with Gasteiger partial charge in [0.15, 0.2) is 0 Å². The molecule has 0 aromatic heterocycles. The minimum atomic E-state index is -0.737. The number of Topliss-reactive ketones (excluding diaryl/α,β-unsaturated/α-hetero) is 1. The molecule has 9 unspecified atom stereocenters. The molecule has 0 amide bonds. The zero-order chi connectivity index (χ0) is 22.6. The summed E-state index contributed by atoms with van der Waals surface area (Å²) in [5.41, 5.74) is 1.24. The fourth-order valence-corrected chi connectivity index (χ4v) is 12.1. The number of rotatable bonds is 0. The molecule has 0 aliphatic heterocycles. The molecule has 0 bridgehead atoms. The first-order valence-electron chi connectivity index (χ1n) is 11.5. The molecule has 5 aliphatic carbocycles. The van der Waals surface area contributed by atoms with Gasteiger partial charge in [-0.2, -0.15) is 75.8 Å². The highest BCUT2D eigenvalue weighted by molar-refractivity contribution is 8.00. The molecule has 0 aromatic carbocycles. The monoisotopic (exact) mass is 534 g/mol. The lowest BCUT2D eigenvalue weighted by molar-refractivity contribution is -0.122. The lowest BCUT2D eigenvalue weighted by atomic mass is 9.44. The second-order valence-electron chi connectivity index (χ2n) is 11.1. The van der Waals surface area contributed by atoms with Gasteiger partial charge in [0, 0.05) is 32.0 Å². The summed E-state index contributed by atoms with van der Waals surface area (Å²) in [4.78, 5) is 12.7. The Bertz CT molecular complexity index is 846. The van der Waals surface area contributed by atoms with Gasteiger partial charge in [0.2, 0.25) is 0 Å². The Labute approximate surface area is 219 Å². The number of carbonyl (C=O) groups is 1. The predicted molar refractivity (Wildman–Crippen MR) is 148 cm³/mol. The van der Waals surface area contributed by atoms with Crippen molar-refractivity contribution < 1.29 is 9.90 Å². The smallest absolute Gasteiger partial charge is 0.146 e. The van der Waals surface area contributed by atoms with Gasteiger partial charge < -0.3 is 5.11 Å². The van der Waals surface area contributed by atoms with Gasteiger partial charge in [-0.25, -0.2) is 0 Å². The van der Waals surface area contributed by atoms with E-state index in [4.69, 9.17) is 75.8 Å². The molecule has 4 saturated carbocycles. The lowest BCUT2D eigenvalue weighted by Crippen LogP contribution is -2.69. The molecule has 9 atom stereocenters. The normalized spacial score (nSPS) is 55.9. The van der Waals surface area contributed by atoms with Crippen molar-refractivity contribution in [1.82, 2.24) is 0 Å². The fraction of sp³-hybridized carbons (Fsp3) is 0.870. The molecule has 0 radical (unpaired) electrons. The van der Waals surface area contributed by atoms with E-state index in [1.807, 2.05) is 0 Å². The number of fused-ring (bicyclic) bond motifs is 7. The van der Waals surface area contributed by atoms with Crippen LogP contribution < -0.4 is 0 Å². The van der Waals surface area contributed by atoms with Crippen molar-refractivity contribution in [2.24, 2.45) is 23.2 Å². The van der Waals surface area contributed by atoms with Crippen molar-refractivity contribution in [3.8, 4) is 0 Å². The Balaban J connectivity index is 1.60. The summed E-state index contributed by atoms with van der Waals surface area (Å²) in [5.74, 6) is 0.697. The second kappa shape index (κ2) is 7.49. The molecule has 174 valence electrons. The SMILES string of the molecule is CC12CCC3(S)CCC(=O)C(S)C3C1=CCC1C3(S)CCC(O)C(S)(S)C3CCC12S. The van der Waals surface area contributed by atoms with Crippen LogP contribution in [0.15, 0.2) is 11.6 Å². The molecular weight excluding hydrogens is 501 g/mol.